The molecular formula is C32H43NO11. The largest absolute Gasteiger partial charge is 0.481 e. The van der Waals surface area contributed by atoms with Crippen LogP contribution in [0.25, 0.3) is 0 Å². The van der Waals surface area contributed by atoms with E-state index in [0.717, 1.165) is 25.7 Å². The molecule has 4 rings (SSSR count). The molecule has 12 heteroatoms. The van der Waals surface area contributed by atoms with E-state index in [4.69, 9.17) is 14.6 Å². The van der Waals surface area contributed by atoms with Crippen LogP contribution in [0.5, 0.6) is 0 Å². The number of rotatable bonds is 12. The van der Waals surface area contributed by atoms with Gasteiger partial charge in [0, 0.05) is 31.6 Å². The van der Waals surface area contributed by atoms with Crippen LogP contribution >= 0.6 is 0 Å². The predicted molar refractivity (Wildman–Crippen MR) is 153 cm³/mol. The van der Waals surface area contributed by atoms with Crippen molar-refractivity contribution >= 4 is 41.4 Å². The maximum absolute atomic E-state index is 13.8. The second kappa shape index (κ2) is 12.8. The number of hydrogen-bond donors (Lipinski definition) is 3. The van der Waals surface area contributed by atoms with E-state index in [2.05, 4.69) is 12.2 Å². The molecule has 0 aliphatic heterocycles. The number of hydrogen-bond acceptors (Lipinski definition) is 9. The van der Waals surface area contributed by atoms with Crippen molar-refractivity contribution in [1.82, 2.24) is 5.32 Å². The topological polar surface area (TPSA) is 190 Å². The van der Waals surface area contributed by atoms with Crippen LogP contribution in [-0.2, 0) is 43.0 Å². The van der Waals surface area contributed by atoms with Gasteiger partial charge in [0.15, 0.2) is 18.0 Å². The molecule has 44 heavy (non-hydrogen) atoms. The van der Waals surface area contributed by atoms with Gasteiger partial charge in [0.25, 0.3) is 0 Å². The molecule has 1 amide bonds. The van der Waals surface area contributed by atoms with E-state index in [1.165, 1.54) is 12.5 Å². The Bertz CT molecular complexity index is 1270. The number of carboxylic acid groups (broad SMARTS) is 2. The number of allylic oxidation sites excluding steroid dienone is 1. The van der Waals surface area contributed by atoms with E-state index >= 15 is 0 Å². The van der Waals surface area contributed by atoms with E-state index < -0.39 is 78.5 Å². The van der Waals surface area contributed by atoms with E-state index in [1.807, 2.05) is 13.0 Å². The van der Waals surface area contributed by atoms with Crippen molar-refractivity contribution in [2.75, 3.05) is 6.61 Å². The monoisotopic (exact) mass is 617 g/mol. The van der Waals surface area contributed by atoms with Crippen LogP contribution in [0.2, 0.25) is 0 Å². The number of nitrogens with one attached hydrogen (secondary N) is 1. The van der Waals surface area contributed by atoms with Crippen LogP contribution in [0.15, 0.2) is 11.6 Å². The van der Waals surface area contributed by atoms with Crippen LogP contribution in [0.4, 0.5) is 0 Å². The van der Waals surface area contributed by atoms with Gasteiger partial charge in [0.1, 0.15) is 6.04 Å². The van der Waals surface area contributed by atoms with Crippen molar-refractivity contribution in [2.45, 2.75) is 109 Å². The first-order chi connectivity index (χ1) is 20.6. The van der Waals surface area contributed by atoms with E-state index in [1.54, 1.807) is 0 Å². The van der Waals surface area contributed by atoms with Gasteiger partial charge >= 0.3 is 23.9 Å². The molecule has 7 atom stereocenters. The molecule has 0 heterocycles. The van der Waals surface area contributed by atoms with Gasteiger partial charge < -0.3 is 25.0 Å². The van der Waals surface area contributed by atoms with Crippen LogP contribution in [0, 0.1) is 28.6 Å². The lowest BCUT2D eigenvalue weighted by Gasteiger charge is -2.59. The summed E-state index contributed by atoms with van der Waals surface area (Å²) in [5.41, 5.74) is -0.937. The third-order valence-electron chi connectivity index (χ3n) is 11.1. The van der Waals surface area contributed by atoms with Crippen LogP contribution in [0.1, 0.15) is 97.8 Å². The summed E-state index contributed by atoms with van der Waals surface area (Å²) < 4.78 is 11.1. The second-order valence-electron chi connectivity index (χ2n) is 13.4. The number of fused-ring (bicyclic) bond motifs is 5. The number of aliphatic carboxylic acids is 2. The van der Waals surface area contributed by atoms with Crippen LogP contribution in [0.3, 0.4) is 0 Å². The third kappa shape index (κ3) is 6.30. The molecule has 0 saturated heterocycles. The van der Waals surface area contributed by atoms with Crippen molar-refractivity contribution < 1.29 is 53.2 Å². The summed E-state index contributed by atoms with van der Waals surface area (Å²) in [5.74, 6) is -4.34. The minimum atomic E-state index is -1.45. The molecule has 12 nitrogen and oxygen atoms in total. The highest BCUT2D eigenvalue weighted by atomic mass is 16.6. The lowest BCUT2D eigenvalue weighted by molar-refractivity contribution is -0.191. The van der Waals surface area contributed by atoms with Gasteiger partial charge in [-0.25, -0.2) is 4.79 Å². The molecular weight excluding hydrogens is 574 g/mol. The van der Waals surface area contributed by atoms with Gasteiger partial charge in [0.05, 0.1) is 6.42 Å². The molecule has 0 aromatic heterocycles. The summed E-state index contributed by atoms with van der Waals surface area (Å²) in [5, 5.41) is 20.2. The summed E-state index contributed by atoms with van der Waals surface area (Å²) in [4.78, 5) is 85.1. The number of carboxylic acids is 2. The zero-order chi connectivity index (χ0) is 32.4. The quantitative estimate of drug-likeness (QED) is 0.273. The fourth-order valence-electron chi connectivity index (χ4n) is 8.83. The smallest absolute Gasteiger partial charge is 0.326 e. The van der Waals surface area contributed by atoms with E-state index in [-0.39, 0.29) is 23.5 Å². The Morgan fingerprint density at radius 1 is 0.955 bits per heavy atom. The summed E-state index contributed by atoms with van der Waals surface area (Å²) in [7, 11) is 0. The average molecular weight is 618 g/mol. The molecule has 4 aliphatic rings. The zero-order valence-electron chi connectivity index (χ0n) is 25.6. The molecule has 0 unspecified atom stereocenters. The van der Waals surface area contributed by atoms with Crippen molar-refractivity contribution in [3.63, 3.8) is 0 Å². The van der Waals surface area contributed by atoms with E-state index in [9.17, 15) is 38.7 Å². The van der Waals surface area contributed by atoms with Gasteiger partial charge in [0.2, 0.25) is 11.7 Å². The first-order valence-electron chi connectivity index (χ1n) is 15.5. The summed E-state index contributed by atoms with van der Waals surface area (Å²) >= 11 is 0. The highest BCUT2D eigenvalue weighted by Crippen LogP contribution is 2.68. The SMILES string of the molecule is CC(=O)O[C@]1(C(=O)COC(=O)CCC(=O)N[C@H](CCC(=O)O)C(=O)O)CC[C@@H]2[C@H]3CCC4=CC(=O)CC[C@]4(C)[C@H]3CC[C@@]21C. The number of ketones is 2. The predicted octanol–water partition coefficient (Wildman–Crippen LogP) is 3.15. The zero-order valence-corrected chi connectivity index (χ0v) is 25.6. The van der Waals surface area contributed by atoms with Crippen molar-refractivity contribution in [3.05, 3.63) is 11.6 Å². The molecule has 3 fully saturated rings. The van der Waals surface area contributed by atoms with Crippen molar-refractivity contribution in [1.29, 1.82) is 0 Å². The molecule has 4 aliphatic carbocycles. The van der Waals surface area contributed by atoms with Gasteiger partial charge in [-0.15, -0.1) is 0 Å². The Balaban J connectivity index is 1.40. The van der Waals surface area contributed by atoms with Gasteiger partial charge in [-0.3, -0.25) is 28.8 Å². The minimum absolute atomic E-state index is 0.0581. The summed E-state index contributed by atoms with van der Waals surface area (Å²) in [6.07, 6.45) is 5.82. The Morgan fingerprint density at radius 2 is 1.66 bits per heavy atom. The molecule has 3 saturated carbocycles. The normalized spacial score (nSPS) is 33.0. The van der Waals surface area contributed by atoms with Gasteiger partial charge in [-0.1, -0.05) is 19.4 Å². The highest BCUT2D eigenvalue weighted by molar-refractivity contribution is 5.94. The molecule has 0 aromatic rings. The standard InChI is InChI=1S/C32H43NO11/c1-18(34)44-32(25(36)17-43-28(40)9-7-26(37)33-24(29(41)42)6-8-27(38)39)15-12-23-21-5-4-19-16-20(35)10-13-30(19,2)22(21)11-14-31(23,32)3/h16,21-24H,4-15,17H2,1-3H3,(H,33,37)(H,38,39)(H,41,42)/t21-,22-,23+,24+,30-,31-,32-/m0/s1. The molecule has 0 aromatic carbocycles. The first-order valence-corrected chi connectivity index (χ1v) is 15.5. The lowest BCUT2D eigenvalue weighted by Crippen LogP contribution is -2.59. The van der Waals surface area contributed by atoms with E-state index in [0.29, 0.717) is 37.5 Å². The number of carbonyl (C=O) groups is 7. The van der Waals surface area contributed by atoms with Crippen LogP contribution < -0.4 is 5.32 Å². The fraction of sp³-hybridized carbons (Fsp3) is 0.719. The number of carbonyl (C=O) groups excluding carboxylic acids is 5. The Hall–Kier alpha value is -3.57. The van der Waals surface area contributed by atoms with Crippen molar-refractivity contribution in [2.24, 2.45) is 28.6 Å². The maximum atomic E-state index is 13.8. The third-order valence-corrected chi connectivity index (χ3v) is 11.1. The average Bonchev–Trinajstić information content (AvgIpc) is 3.25. The molecule has 242 valence electrons. The maximum Gasteiger partial charge on any atom is 0.326 e. The van der Waals surface area contributed by atoms with Gasteiger partial charge in [-0.2, -0.15) is 0 Å². The fourth-order valence-corrected chi connectivity index (χ4v) is 8.83. The number of amides is 1. The van der Waals surface area contributed by atoms with Gasteiger partial charge in [-0.05, 0) is 80.6 Å². The Morgan fingerprint density at radius 3 is 2.32 bits per heavy atom. The molecule has 3 N–H and O–H groups in total. The lowest BCUT2D eigenvalue weighted by atomic mass is 9.46. The summed E-state index contributed by atoms with van der Waals surface area (Å²) in [6.45, 7) is 4.91. The number of esters is 2. The summed E-state index contributed by atoms with van der Waals surface area (Å²) in [6, 6.07) is -1.42. The first kappa shape index (κ1) is 33.3. The second-order valence-corrected chi connectivity index (χ2v) is 13.4. The Kier molecular flexibility index (Phi) is 9.70. The van der Waals surface area contributed by atoms with Crippen LogP contribution in [-0.4, -0.2) is 69.8 Å². The minimum Gasteiger partial charge on any atom is -0.481 e. The highest BCUT2D eigenvalue weighted by Gasteiger charge is 2.68. The van der Waals surface area contributed by atoms with Crippen molar-refractivity contribution in [3.8, 4) is 0 Å². The molecule has 0 spiro atoms. The Labute approximate surface area is 256 Å². The molecule has 0 radical (unpaired) electrons. The molecule has 0 bridgehead atoms. The number of ether oxygens (including phenoxy) is 2. The number of Topliss-reactive ketones (excluding diaryl/α,β-unsaturated/α-hetero) is 1.